The largest absolute Gasteiger partial charge is 0.434 e. The van der Waals surface area contributed by atoms with Crippen LogP contribution in [0.1, 0.15) is 21.5 Å². The van der Waals surface area contributed by atoms with Crippen molar-refractivity contribution < 1.29 is 26.7 Å². The molecule has 1 saturated heterocycles. The number of aromatic nitrogens is 1. The van der Waals surface area contributed by atoms with Gasteiger partial charge < -0.3 is 9.64 Å². The van der Waals surface area contributed by atoms with Crippen molar-refractivity contribution in [2.45, 2.75) is 23.8 Å². The Labute approximate surface area is 225 Å². The summed E-state index contributed by atoms with van der Waals surface area (Å²) in [6.07, 6.45) is 1.57. The van der Waals surface area contributed by atoms with Crippen molar-refractivity contribution in [2.75, 3.05) is 26.2 Å². The molecule has 0 bridgehead atoms. The highest BCUT2D eigenvalue weighted by Gasteiger charge is 2.24. The monoisotopic (exact) mass is 551 g/mol. The Balaban J connectivity index is 1.20. The van der Waals surface area contributed by atoms with Gasteiger partial charge in [0.25, 0.3) is 5.91 Å². The van der Waals surface area contributed by atoms with Gasteiger partial charge in [-0.2, -0.15) is 8.78 Å². The Kier molecular flexibility index (Phi) is 7.85. The van der Waals surface area contributed by atoms with Gasteiger partial charge in [-0.15, -0.1) is 0 Å². The van der Waals surface area contributed by atoms with Crippen molar-refractivity contribution in [3.05, 3.63) is 102 Å². The molecule has 4 aromatic rings. The number of ether oxygens (including phenoxy) is 1. The third-order valence-electron chi connectivity index (χ3n) is 6.73. The minimum absolute atomic E-state index is 0.135. The molecule has 0 N–H and O–H groups in total. The highest BCUT2D eigenvalue weighted by atomic mass is 32.2. The number of fused-ring (bicyclic) bond motifs is 1. The average Bonchev–Trinajstić information content (AvgIpc) is 2.94. The van der Waals surface area contributed by atoms with Crippen LogP contribution in [0.15, 0.2) is 90.0 Å². The number of piperazine rings is 1. The molecular formula is C29H27F2N3O4S. The molecule has 202 valence electrons. The van der Waals surface area contributed by atoms with Crippen LogP contribution in [0.25, 0.3) is 10.9 Å². The van der Waals surface area contributed by atoms with Crippen molar-refractivity contribution >= 4 is 26.6 Å². The fraction of sp³-hybridized carbons (Fsp3) is 0.241. The Morgan fingerprint density at radius 2 is 1.62 bits per heavy atom. The zero-order chi connectivity index (χ0) is 27.4. The molecule has 2 heterocycles. The zero-order valence-electron chi connectivity index (χ0n) is 21.0. The van der Waals surface area contributed by atoms with Gasteiger partial charge in [-0.25, -0.2) is 8.42 Å². The third kappa shape index (κ3) is 6.23. The highest BCUT2D eigenvalue weighted by Crippen LogP contribution is 2.25. The summed E-state index contributed by atoms with van der Waals surface area (Å²) in [7, 11) is -3.65. The summed E-state index contributed by atoms with van der Waals surface area (Å²) in [5, 5.41) is 0.755. The second-order valence-corrected chi connectivity index (χ2v) is 11.3. The van der Waals surface area contributed by atoms with Crippen LogP contribution in [-0.2, 0) is 22.1 Å². The fourth-order valence-electron chi connectivity index (χ4n) is 4.75. The lowest BCUT2D eigenvalue weighted by Crippen LogP contribution is -2.48. The highest BCUT2D eigenvalue weighted by molar-refractivity contribution is 7.90. The summed E-state index contributed by atoms with van der Waals surface area (Å²) < 4.78 is 56.3. The SMILES string of the molecule is O=C(c1ccc(CS(=O)(=O)c2cccc3cccnc23)cc1)N1CCN(Cc2ccccc2OC(F)F)CC1. The second-order valence-electron chi connectivity index (χ2n) is 9.34. The number of benzene rings is 3. The first kappa shape index (κ1) is 26.7. The smallest absolute Gasteiger partial charge is 0.387 e. The number of carbonyl (C=O) groups excluding carboxylic acids is 1. The number of para-hydroxylation sites is 2. The molecule has 7 nitrogen and oxygen atoms in total. The van der Waals surface area contributed by atoms with Crippen LogP contribution in [0, 0.1) is 0 Å². The zero-order valence-corrected chi connectivity index (χ0v) is 21.9. The molecule has 1 aromatic heterocycles. The lowest BCUT2D eigenvalue weighted by atomic mass is 10.1. The van der Waals surface area contributed by atoms with Crippen molar-refractivity contribution in [3.8, 4) is 5.75 Å². The molecule has 1 fully saturated rings. The van der Waals surface area contributed by atoms with Crippen LogP contribution in [0.5, 0.6) is 5.75 Å². The van der Waals surface area contributed by atoms with Gasteiger partial charge in [-0.05, 0) is 35.9 Å². The molecule has 0 radical (unpaired) electrons. The summed E-state index contributed by atoms with van der Waals surface area (Å²) in [5.41, 5.74) is 2.17. The molecule has 0 saturated carbocycles. The number of amides is 1. The van der Waals surface area contributed by atoms with Crippen molar-refractivity contribution in [1.82, 2.24) is 14.8 Å². The molecule has 0 aliphatic carbocycles. The molecule has 1 amide bonds. The Hall–Kier alpha value is -3.89. The van der Waals surface area contributed by atoms with Crippen molar-refractivity contribution in [2.24, 2.45) is 0 Å². The van der Waals surface area contributed by atoms with Crippen LogP contribution < -0.4 is 4.74 Å². The molecule has 1 aliphatic rings. The molecule has 5 rings (SSSR count). The van der Waals surface area contributed by atoms with E-state index in [1.807, 2.05) is 12.1 Å². The minimum atomic E-state index is -3.65. The first-order valence-corrected chi connectivity index (χ1v) is 14.2. The number of sulfone groups is 1. The maximum atomic E-state index is 13.2. The average molecular weight is 552 g/mol. The van der Waals surface area contributed by atoms with E-state index in [2.05, 4.69) is 14.6 Å². The molecule has 3 aromatic carbocycles. The van der Waals surface area contributed by atoms with Crippen LogP contribution in [0.4, 0.5) is 8.78 Å². The molecule has 1 aliphatic heterocycles. The second kappa shape index (κ2) is 11.5. The van der Waals surface area contributed by atoms with E-state index in [1.165, 1.54) is 6.07 Å². The number of carbonyl (C=O) groups is 1. The van der Waals surface area contributed by atoms with E-state index in [1.54, 1.807) is 71.8 Å². The third-order valence-corrected chi connectivity index (χ3v) is 8.44. The van der Waals surface area contributed by atoms with Crippen LogP contribution >= 0.6 is 0 Å². The quantitative estimate of drug-likeness (QED) is 0.314. The number of halogens is 2. The van der Waals surface area contributed by atoms with E-state index in [0.29, 0.717) is 54.9 Å². The first-order valence-electron chi connectivity index (χ1n) is 12.5. The lowest BCUT2D eigenvalue weighted by Gasteiger charge is -2.35. The first-order chi connectivity index (χ1) is 18.8. The lowest BCUT2D eigenvalue weighted by molar-refractivity contribution is -0.0508. The molecule has 0 unspecified atom stereocenters. The summed E-state index contributed by atoms with van der Waals surface area (Å²) in [6, 6.07) is 22.0. The summed E-state index contributed by atoms with van der Waals surface area (Å²) in [5.74, 6) is -0.180. The molecule has 10 heteroatoms. The maximum absolute atomic E-state index is 13.2. The van der Waals surface area contributed by atoms with E-state index >= 15 is 0 Å². The van der Waals surface area contributed by atoms with Gasteiger partial charge in [0.15, 0.2) is 9.84 Å². The van der Waals surface area contributed by atoms with Gasteiger partial charge >= 0.3 is 6.61 Å². The fourth-order valence-corrected chi connectivity index (χ4v) is 6.28. The number of hydrogen-bond acceptors (Lipinski definition) is 6. The van der Waals surface area contributed by atoms with Gasteiger partial charge in [-0.1, -0.05) is 48.5 Å². The number of rotatable bonds is 8. The van der Waals surface area contributed by atoms with Crippen molar-refractivity contribution in [1.29, 1.82) is 0 Å². The van der Waals surface area contributed by atoms with Crippen LogP contribution in [0.3, 0.4) is 0 Å². The molecule has 0 spiro atoms. The van der Waals surface area contributed by atoms with Crippen LogP contribution in [-0.4, -0.2) is 61.9 Å². The van der Waals surface area contributed by atoms with E-state index < -0.39 is 16.4 Å². The number of hydrogen-bond donors (Lipinski definition) is 0. The summed E-state index contributed by atoms with van der Waals surface area (Å²) in [4.78, 5) is 21.4. The minimum Gasteiger partial charge on any atom is -0.434 e. The summed E-state index contributed by atoms with van der Waals surface area (Å²) in [6.45, 7) is -0.293. The topological polar surface area (TPSA) is 79.8 Å². The van der Waals surface area contributed by atoms with Gasteiger partial charge in [0, 0.05) is 55.4 Å². The Morgan fingerprint density at radius 3 is 2.36 bits per heavy atom. The summed E-state index contributed by atoms with van der Waals surface area (Å²) >= 11 is 0. The van der Waals surface area contributed by atoms with E-state index in [-0.39, 0.29) is 22.3 Å². The van der Waals surface area contributed by atoms with Gasteiger partial charge in [0.2, 0.25) is 0 Å². The number of pyridine rings is 1. The maximum Gasteiger partial charge on any atom is 0.387 e. The number of alkyl halides is 2. The van der Waals surface area contributed by atoms with Gasteiger partial charge in [0.05, 0.1) is 16.2 Å². The van der Waals surface area contributed by atoms with Gasteiger partial charge in [-0.3, -0.25) is 14.7 Å². The van der Waals surface area contributed by atoms with Crippen LogP contribution in [0.2, 0.25) is 0 Å². The molecule has 39 heavy (non-hydrogen) atoms. The molecule has 0 atom stereocenters. The standard InChI is InChI=1S/C29H27F2N3O4S/c30-29(31)38-25-8-2-1-5-24(25)19-33-15-17-34(18-16-33)28(35)23-12-10-21(11-13-23)20-39(36,37)26-9-3-6-22-7-4-14-32-27(22)26/h1-14,29H,15-20H2. The van der Waals surface area contributed by atoms with E-state index in [9.17, 15) is 22.0 Å². The molecular weight excluding hydrogens is 524 g/mol. The van der Waals surface area contributed by atoms with Gasteiger partial charge in [0.1, 0.15) is 5.75 Å². The van der Waals surface area contributed by atoms with E-state index in [4.69, 9.17) is 0 Å². The Morgan fingerprint density at radius 1 is 0.897 bits per heavy atom. The predicted octanol–water partition coefficient (Wildman–Crippen LogP) is 4.77. The Bertz CT molecular complexity index is 1570. The van der Waals surface area contributed by atoms with E-state index in [0.717, 1.165) is 5.39 Å². The van der Waals surface area contributed by atoms with Crippen molar-refractivity contribution in [3.63, 3.8) is 0 Å². The predicted molar refractivity (Wildman–Crippen MR) is 143 cm³/mol. The number of nitrogens with zero attached hydrogens (tertiary/aromatic N) is 3. The normalized spacial score (nSPS) is 14.6.